The minimum atomic E-state index is -4.52. The predicted molar refractivity (Wildman–Crippen MR) is 109 cm³/mol. The van der Waals surface area contributed by atoms with Crippen LogP contribution in [-0.2, 0) is 11.0 Å². The summed E-state index contributed by atoms with van der Waals surface area (Å²) in [5.74, 6) is -1.97. The van der Waals surface area contributed by atoms with Crippen LogP contribution >= 0.6 is 11.8 Å². The molecule has 0 atom stereocenters. The molecule has 0 fully saturated rings. The van der Waals surface area contributed by atoms with Crippen LogP contribution in [0, 0.1) is 0 Å². The van der Waals surface area contributed by atoms with E-state index in [4.69, 9.17) is 0 Å². The van der Waals surface area contributed by atoms with Gasteiger partial charge in [-0.2, -0.15) is 18.3 Å². The smallest absolute Gasteiger partial charge is 0.418 e. The van der Waals surface area contributed by atoms with Gasteiger partial charge < -0.3 is 15.3 Å². The van der Waals surface area contributed by atoms with E-state index in [1.165, 1.54) is 30.1 Å². The Bertz CT molecular complexity index is 1150. The number of thioether (sulfide) groups is 1. The first-order valence-corrected chi connectivity index (χ1v) is 9.80. The molecule has 0 aliphatic carbocycles. The number of halogens is 3. The van der Waals surface area contributed by atoms with Crippen LogP contribution in [0.3, 0.4) is 0 Å². The van der Waals surface area contributed by atoms with Gasteiger partial charge in [0, 0.05) is 34.2 Å². The van der Waals surface area contributed by atoms with Crippen molar-refractivity contribution in [2.75, 3.05) is 5.75 Å². The summed E-state index contributed by atoms with van der Waals surface area (Å²) >= 11 is 1.21. The fourth-order valence-corrected chi connectivity index (χ4v) is 3.66. The van der Waals surface area contributed by atoms with Crippen molar-refractivity contribution in [3.8, 4) is 17.2 Å². The van der Waals surface area contributed by atoms with Crippen LogP contribution in [0.2, 0.25) is 0 Å². The van der Waals surface area contributed by atoms with E-state index in [2.05, 4.69) is 15.5 Å². The van der Waals surface area contributed by atoms with Crippen molar-refractivity contribution in [2.45, 2.75) is 17.5 Å². The molecule has 0 spiro atoms. The van der Waals surface area contributed by atoms with E-state index >= 15 is 0 Å². The number of aromatic nitrogens is 1. The molecule has 4 N–H and O–H groups in total. The molecule has 2 aromatic carbocycles. The molecular formula is C20H16F3N3O4S. The van der Waals surface area contributed by atoms with Crippen LogP contribution in [0.25, 0.3) is 10.9 Å². The normalized spacial score (nSPS) is 11.8. The van der Waals surface area contributed by atoms with Crippen LogP contribution in [0.4, 0.5) is 13.2 Å². The third kappa shape index (κ3) is 5.18. The van der Waals surface area contributed by atoms with Gasteiger partial charge in [-0.15, -0.1) is 11.8 Å². The fraction of sp³-hybridized carbons (Fsp3) is 0.150. The summed E-state index contributed by atoms with van der Waals surface area (Å²) in [6.07, 6.45) is -2.10. The predicted octanol–water partition coefficient (Wildman–Crippen LogP) is 4.00. The van der Waals surface area contributed by atoms with Crippen molar-refractivity contribution < 1.29 is 33.3 Å². The van der Waals surface area contributed by atoms with Crippen molar-refractivity contribution in [1.29, 1.82) is 0 Å². The highest BCUT2D eigenvalue weighted by atomic mass is 32.2. The minimum Gasteiger partial charge on any atom is -0.504 e. The van der Waals surface area contributed by atoms with E-state index in [0.29, 0.717) is 10.3 Å². The minimum absolute atomic E-state index is 0.0254. The Morgan fingerprint density at radius 3 is 2.65 bits per heavy atom. The zero-order valence-electron chi connectivity index (χ0n) is 15.7. The Balaban J connectivity index is 1.60. The second-order valence-electron chi connectivity index (χ2n) is 6.27. The van der Waals surface area contributed by atoms with Crippen LogP contribution in [-0.4, -0.2) is 38.2 Å². The van der Waals surface area contributed by atoms with Crippen molar-refractivity contribution in [3.63, 3.8) is 0 Å². The molecule has 162 valence electrons. The Kier molecular flexibility index (Phi) is 6.54. The third-order valence-electron chi connectivity index (χ3n) is 4.18. The molecule has 7 nitrogen and oxygen atoms in total. The van der Waals surface area contributed by atoms with Gasteiger partial charge in [0.05, 0.1) is 17.3 Å². The molecule has 0 bridgehead atoms. The summed E-state index contributed by atoms with van der Waals surface area (Å²) in [7, 11) is 0. The number of nitrogens with one attached hydrogen (secondary N) is 1. The number of phenols is 3. The monoisotopic (exact) mass is 451 g/mol. The van der Waals surface area contributed by atoms with E-state index in [0.717, 1.165) is 18.3 Å². The molecule has 11 heteroatoms. The van der Waals surface area contributed by atoms with Gasteiger partial charge in [0.2, 0.25) is 11.7 Å². The molecule has 0 radical (unpaired) electrons. The van der Waals surface area contributed by atoms with E-state index < -0.39 is 34.9 Å². The van der Waals surface area contributed by atoms with Gasteiger partial charge in [-0.3, -0.25) is 9.78 Å². The number of phenolic OH excluding ortho intramolecular Hbond substituents is 3. The van der Waals surface area contributed by atoms with E-state index in [1.807, 2.05) is 0 Å². The lowest BCUT2D eigenvalue weighted by Crippen LogP contribution is -2.17. The van der Waals surface area contributed by atoms with Crippen molar-refractivity contribution in [3.05, 3.63) is 53.7 Å². The van der Waals surface area contributed by atoms with Crippen molar-refractivity contribution in [1.82, 2.24) is 10.4 Å². The molecule has 31 heavy (non-hydrogen) atoms. The van der Waals surface area contributed by atoms with Gasteiger partial charge in [-0.05, 0) is 24.3 Å². The topological polar surface area (TPSA) is 115 Å². The lowest BCUT2D eigenvalue weighted by molar-refractivity contribution is -0.136. The highest BCUT2D eigenvalue weighted by Gasteiger charge is 2.33. The SMILES string of the molecule is O=C(CCSc1ccnc2c(C(F)(F)F)cccc12)N/N=C/c1ccc(O)c(O)c1O. The van der Waals surface area contributed by atoms with Gasteiger partial charge in [0.1, 0.15) is 0 Å². The molecule has 3 aromatic rings. The number of pyridine rings is 1. The van der Waals surface area contributed by atoms with Crippen molar-refractivity contribution in [2.24, 2.45) is 5.10 Å². The van der Waals surface area contributed by atoms with E-state index in [-0.39, 0.29) is 23.3 Å². The summed E-state index contributed by atoms with van der Waals surface area (Å²) in [5, 5.41) is 32.4. The summed E-state index contributed by atoms with van der Waals surface area (Å²) < 4.78 is 39.5. The molecule has 0 aliphatic rings. The first-order valence-electron chi connectivity index (χ1n) is 8.82. The maximum absolute atomic E-state index is 13.2. The van der Waals surface area contributed by atoms with Crippen LogP contribution in [0.15, 0.2) is 52.6 Å². The Hall–Kier alpha value is -3.47. The summed E-state index contributed by atoms with van der Waals surface area (Å²) in [6.45, 7) is 0. The average molecular weight is 451 g/mol. The number of fused-ring (bicyclic) bond motifs is 1. The number of aromatic hydroxyl groups is 3. The van der Waals surface area contributed by atoms with Crippen LogP contribution in [0.5, 0.6) is 17.2 Å². The molecule has 1 aromatic heterocycles. The van der Waals surface area contributed by atoms with Crippen molar-refractivity contribution >= 4 is 34.8 Å². The zero-order valence-corrected chi connectivity index (χ0v) is 16.5. The maximum atomic E-state index is 13.2. The number of hydrogen-bond acceptors (Lipinski definition) is 7. The number of benzene rings is 2. The molecule has 1 heterocycles. The van der Waals surface area contributed by atoms with Gasteiger partial charge in [0.15, 0.2) is 11.5 Å². The summed E-state index contributed by atoms with van der Waals surface area (Å²) in [6, 6.07) is 7.86. The van der Waals surface area contributed by atoms with Gasteiger partial charge >= 0.3 is 6.18 Å². The van der Waals surface area contributed by atoms with Gasteiger partial charge in [-0.25, -0.2) is 5.43 Å². The standard InChI is InChI=1S/C20H16F3N3O4S/c21-20(22,23)13-3-1-2-12-15(6-8-24-17(12)13)31-9-7-16(28)26-25-10-11-4-5-14(27)19(30)18(11)29/h1-6,8,10,27,29-30H,7,9H2,(H,26,28)/b25-10+. The number of nitrogens with zero attached hydrogens (tertiary/aromatic N) is 2. The Morgan fingerprint density at radius 1 is 1.13 bits per heavy atom. The number of hydrazone groups is 1. The molecule has 0 saturated carbocycles. The Morgan fingerprint density at radius 2 is 1.90 bits per heavy atom. The fourth-order valence-electron chi connectivity index (χ4n) is 2.68. The number of carbonyl (C=O) groups is 1. The molecule has 0 aliphatic heterocycles. The lowest BCUT2D eigenvalue weighted by atomic mass is 10.1. The molecular weight excluding hydrogens is 435 g/mol. The quantitative estimate of drug-likeness (QED) is 0.195. The largest absolute Gasteiger partial charge is 0.504 e. The highest BCUT2D eigenvalue weighted by molar-refractivity contribution is 7.99. The van der Waals surface area contributed by atoms with Crippen LogP contribution < -0.4 is 5.43 Å². The number of alkyl halides is 3. The highest BCUT2D eigenvalue weighted by Crippen LogP contribution is 2.37. The first kappa shape index (κ1) is 22.2. The van der Waals surface area contributed by atoms with Crippen LogP contribution in [0.1, 0.15) is 17.5 Å². The molecule has 3 rings (SSSR count). The first-order chi connectivity index (χ1) is 14.7. The number of rotatable bonds is 6. The Labute approximate surface area is 178 Å². The number of amides is 1. The zero-order chi connectivity index (χ0) is 22.6. The number of para-hydroxylation sites is 1. The summed E-state index contributed by atoms with van der Waals surface area (Å²) in [4.78, 5) is 16.3. The molecule has 0 saturated heterocycles. The van der Waals surface area contributed by atoms with Gasteiger partial charge in [0.25, 0.3) is 0 Å². The lowest BCUT2D eigenvalue weighted by Gasteiger charge is -2.11. The second-order valence-corrected chi connectivity index (χ2v) is 7.41. The third-order valence-corrected chi connectivity index (χ3v) is 5.25. The van der Waals surface area contributed by atoms with Gasteiger partial charge in [-0.1, -0.05) is 12.1 Å². The number of hydrogen-bond donors (Lipinski definition) is 4. The van der Waals surface area contributed by atoms with E-state index in [9.17, 15) is 33.3 Å². The van der Waals surface area contributed by atoms with E-state index in [1.54, 1.807) is 12.1 Å². The molecule has 1 amide bonds. The maximum Gasteiger partial charge on any atom is 0.418 e. The molecule has 0 unspecified atom stereocenters. The number of carbonyl (C=O) groups excluding carboxylic acids is 1. The average Bonchev–Trinajstić information content (AvgIpc) is 2.73. The summed E-state index contributed by atoms with van der Waals surface area (Å²) in [5.41, 5.74) is 1.36. The second kappa shape index (κ2) is 9.13.